The molecule has 7 heteroatoms. The number of hydrogen-bond acceptors (Lipinski definition) is 6. The molecule has 4 aromatic rings. The number of rotatable bonds is 4. The van der Waals surface area contributed by atoms with Crippen molar-refractivity contribution in [3.05, 3.63) is 59.9 Å². The van der Waals surface area contributed by atoms with E-state index in [9.17, 15) is 0 Å². The largest absolute Gasteiger partial charge is 0.361 e. The van der Waals surface area contributed by atoms with Gasteiger partial charge in [0.2, 0.25) is 0 Å². The summed E-state index contributed by atoms with van der Waals surface area (Å²) < 4.78 is 7.05. The van der Waals surface area contributed by atoms with Crippen LogP contribution in [0.25, 0.3) is 16.7 Å². The van der Waals surface area contributed by atoms with Crippen LogP contribution in [0.1, 0.15) is 17.0 Å². The highest BCUT2D eigenvalue weighted by atomic mass is 32.2. The Morgan fingerprint density at radius 2 is 1.96 bits per heavy atom. The summed E-state index contributed by atoms with van der Waals surface area (Å²) in [4.78, 5) is 8.82. The molecule has 1 aromatic carbocycles. The first-order chi connectivity index (χ1) is 11.7. The standard InChI is InChI=1S/C17H15N5OS/c1-11-15(12(2)23-21-11)9-24-17-14-8-20-22(16(14)18-10-19-17)13-6-4-3-5-7-13/h3-8,10H,9H2,1-2H3. The first-order valence-corrected chi connectivity index (χ1v) is 8.51. The monoisotopic (exact) mass is 337 g/mol. The van der Waals surface area contributed by atoms with Crippen molar-refractivity contribution in [2.24, 2.45) is 0 Å². The summed E-state index contributed by atoms with van der Waals surface area (Å²) >= 11 is 1.64. The van der Waals surface area contributed by atoms with Crippen LogP contribution >= 0.6 is 11.8 Å². The molecule has 0 saturated heterocycles. The van der Waals surface area contributed by atoms with E-state index in [1.165, 1.54) is 0 Å². The average Bonchev–Trinajstić information content (AvgIpc) is 3.18. The van der Waals surface area contributed by atoms with Gasteiger partial charge in [-0.15, -0.1) is 11.8 Å². The van der Waals surface area contributed by atoms with Crippen LogP contribution in [0, 0.1) is 13.8 Å². The maximum Gasteiger partial charge on any atom is 0.167 e. The van der Waals surface area contributed by atoms with E-state index in [0.717, 1.165) is 44.5 Å². The van der Waals surface area contributed by atoms with Crippen molar-refractivity contribution >= 4 is 22.8 Å². The molecular formula is C17H15N5OS. The van der Waals surface area contributed by atoms with Crippen LogP contribution in [-0.2, 0) is 5.75 Å². The van der Waals surface area contributed by atoms with Crippen molar-refractivity contribution in [1.29, 1.82) is 0 Å². The van der Waals surface area contributed by atoms with E-state index in [1.54, 1.807) is 18.1 Å². The Morgan fingerprint density at radius 1 is 1.12 bits per heavy atom. The lowest BCUT2D eigenvalue weighted by Crippen LogP contribution is -1.97. The minimum absolute atomic E-state index is 0.754. The molecule has 0 radical (unpaired) electrons. The van der Waals surface area contributed by atoms with Crippen molar-refractivity contribution in [2.75, 3.05) is 0 Å². The molecule has 6 nitrogen and oxygen atoms in total. The van der Waals surface area contributed by atoms with Gasteiger partial charge in [-0.25, -0.2) is 14.6 Å². The quantitative estimate of drug-likeness (QED) is 0.418. The molecule has 0 aliphatic carbocycles. The molecule has 0 amide bonds. The summed E-state index contributed by atoms with van der Waals surface area (Å²) in [6.07, 6.45) is 3.40. The Kier molecular flexibility index (Phi) is 3.78. The Hall–Kier alpha value is -2.67. The van der Waals surface area contributed by atoms with E-state index >= 15 is 0 Å². The summed E-state index contributed by atoms with van der Waals surface area (Å²) in [6.45, 7) is 3.88. The molecule has 0 fully saturated rings. The van der Waals surface area contributed by atoms with Gasteiger partial charge in [-0.1, -0.05) is 23.4 Å². The van der Waals surface area contributed by atoms with E-state index in [1.807, 2.05) is 55.1 Å². The third-order valence-corrected chi connectivity index (χ3v) is 4.90. The Morgan fingerprint density at radius 3 is 2.71 bits per heavy atom. The molecule has 0 spiro atoms. The zero-order valence-electron chi connectivity index (χ0n) is 13.3. The molecule has 4 rings (SSSR count). The Balaban J connectivity index is 1.69. The van der Waals surface area contributed by atoms with E-state index < -0.39 is 0 Å². The molecular weight excluding hydrogens is 322 g/mol. The zero-order chi connectivity index (χ0) is 16.5. The third-order valence-electron chi connectivity index (χ3n) is 3.86. The van der Waals surface area contributed by atoms with Gasteiger partial charge in [0.15, 0.2) is 5.65 Å². The van der Waals surface area contributed by atoms with Gasteiger partial charge in [-0.3, -0.25) is 0 Å². The first kappa shape index (κ1) is 14.9. The summed E-state index contributed by atoms with van der Waals surface area (Å²) in [6, 6.07) is 9.96. The molecule has 24 heavy (non-hydrogen) atoms. The fourth-order valence-electron chi connectivity index (χ4n) is 2.54. The van der Waals surface area contributed by atoms with Crippen molar-refractivity contribution < 1.29 is 4.52 Å². The van der Waals surface area contributed by atoms with Crippen LogP contribution in [-0.4, -0.2) is 24.9 Å². The summed E-state index contributed by atoms with van der Waals surface area (Å²) in [7, 11) is 0. The summed E-state index contributed by atoms with van der Waals surface area (Å²) in [5.74, 6) is 1.61. The van der Waals surface area contributed by atoms with Crippen LogP contribution in [0.3, 0.4) is 0 Å². The molecule has 0 aliphatic rings. The minimum Gasteiger partial charge on any atom is -0.361 e. The Labute approximate surface area is 142 Å². The van der Waals surface area contributed by atoms with E-state index in [0.29, 0.717) is 0 Å². The minimum atomic E-state index is 0.754. The molecule has 0 bridgehead atoms. The van der Waals surface area contributed by atoms with Gasteiger partial charge in [-0.05, 0) is 26.0 Å². The molecule has 0 unspecified atom stereocenters. The maximum absolute atomic E-state index is 5.22. The van der Waals surface area contributed by atoms with Gasteiger partial charge in [0.1, 0.15) is 17.1 Å². The van der Waals surface area contributed by atoms with E-state index in [-0.39, 0.29) is 0 Å². The van der Waals surface area contributed by atoms with Crippen molar-refractivity contribution in [3.63, 3.8) is 0 Å². The predicted octanol–water partition coefficient (Wildman–Crippen LogP) is 3.71. The van der Waals surface area contributed by atoms with Gasteiger partial charge in [0.05, 0.1) is 23.0 Å². The summed E-state index contributed by atoms with van der Waals surface area (Å²) in [5.41, 5.74) is 3.82. The summed E-state index contributed by atoms with van der Waals surface area (Å²) in [5, 5.41) is 10.3. The smallest absolute Gasteiger partial charge is 0.167 e. The average molecular weight is 337 g/mol. The van der Waals surface area contributed by atoms with Gasteiger partial charge in [0.25, 0.3) is 0 Å². The molecule has 0 aliphatic heterocycles. The number of aromatic nitrogens is 5. The molecule has 3 aromatic heterocycles. The lowest BCUT2D eigenvalue weighted by molar-refractivity contribution is 0.392. The van der Waals surface area contributed by atoms with Crippen LogP contribution in [0.4, 0.5) is 0 Å². The van der Waals surface area contributed by atoms with Crippen LogP contribution in [0.15, 0.2) is 52.4 Å². The van der Waals surface area contributed by atoms with Crippen molar-refractivity contribution in [3.8, 4) is 5.69 Å². The van der Waals surface area contributed by atoms with E-state index in [4.69, 9.17) is 4.52 Å². The van der Waals surface area contributed by atoms with Crippen LogP contribution in [0.2, 0.25) is 0 Å². The second-order valence-electron chi connectivity index (χ2n) is 5.40. The third kappa shape index (κ3) is 2.56. The second-order valence-corrected chi connectivity index (χ2v) is 6.36. The maximum atomic E-state index is 5.22. The highest BCUT2D eigenvalue weighted by Crippen LogP contribution is 2.30. The van der Waals surface area contributed by atoms with Crippen molar-refractivity contribution in [2.45, 2.75) is 24.6 Å². The number of fused-ring (bicyclic) bond motifs is 1. The van der Waals surface area contributed by atoms with Gasteiger partial charge in [0, 0.05) is 11.3 Å². The number of hydrogen-bond donors (Lipinski definition) is 0. The molecule has 3 heterocycles. The van der Waals surface area contributed by atoms with Gasteiger partial charge >= 0.3 is 0 Å². The fourth-order valence-corrected chi connectivity index (χ4v) is 3.66. The second kappa shape index (κ2) is 6.09. The number of para-hydroxylation sites is 1. The number of aryl methyl sites for hydroxylation is 2. The highest BCUT2D eigenvalue weighted by Gasteiger charge is 2.14. The van der Waals surface area contributed by atoms with E-state index in [2.05, 4.69) is 20.2 Å². The molecule has 120 valence electrons. The van der Waals surface area contributed by atoms with Gasteiger partial charge in [-0.2, -0.15) is 5.10 Å². The lowest BCUT2D eigenvalue weighted by Gasteiger charge is -2.04. The van der Waals surface area contributed by atoms with Gasteiger partial charge < -0.3 is 4.52 Å². The zero-order valence-corrected chi connectivity index (χ0v) is 14.1. The normalized spacial score (nSPS) is 11.2. The number of nitrogens with zero attached hydrogens (tertiary/aromatic N) is 5. The molecule has 0 N–H and O–H groups in total. The Bertz CT molecular complexity index is 973. The predicted molar refractivity (Wildman–Crippen MR) is 92.2 cm³/mol. The molecule has 0 atom stereocenters. The SMILES string of the molecule is Cc1noc(C)c1CSc1ncnc2c1cnn2-c1ccccc1. The van der Waals surface area contributed by atoms with Crippen LogP contribution in [0.5, 0.6) is 0 Å². The van der Waals surface area contributed by atoms with Crippen LogP contribution < -0.4 is 0 Å². The number of benzene rings is 1. The van der Waals surface area contributed by atoms with Crippen molar-refractivity contribution in [1.82, 2.24) is 24.9 Å². The lowest BCUT2D eigenvalue weighted by atomic mass is 10.2. The topological polar surface area (TPSA) is 69.6 Å². The fraction of sp³-hybridized carbons (Fsp3) is 0.176. The highest BCUT2D eigenvalue weighted by molar-refractivity contribution is 7.98. The molecule has 0 saturated carbocycles. The first-order valence-electron chi connectivity index (χ1n) is 7.53. The number of thioether (sulfide) groups is 1.